The molecule has 1 nitrogen and oxygen atoms in total. The number of fused-ring (bicyclic) bond motifs is 1. The molecule has 1 heteroatoms. The second-order valence-corrected chi connectivity index (χ2v) is 3.21. The number of hydrogen-bond acceptors (Lipinski definition) is 1. The Morgan fingerprint density at radius 1 is 1.23 bits per heavy atom. The van der Waals surface area contributed by atoms with Gasteiger partial charge in [0, 0.05) is 18.6 Å². The SMILES string of the molecule is C#CCN=C1Cc2ccccc2C1. The van der Waals surface area contributed by atoms with Crippen LogP contribution in [0.5, 0.6) is 0 Å². The molecule has 0 atom stereocenters. The molecule has 0 saturated carbocycles. The monoisotopic (exact) mass is 169 g/mol. The molecule has 1 aliphatic carbocycles. The summed E-state index contributed by atoms with van der Waals surface area (Å²) in [4.78, 5) is 4.34. The van der Waals surface area contributed by atoms with Crippen molar-refractivity contribution in [2.45, 2.75) is 12.8 Å². The topological polar surface area (TPSA) is 12.4 Å². The fraction of sp³-hybridized carbons (Fsp3) is 0.250. The van der Waals surface area contributed by atoms with Gasteiger partial charge in [-0.15, -0.1) is 6.42 Å². The van der Waals surface area contributed by atoms with E-state index in [9.17, 15) is 0 Å². The summed E-state index contributed by atoms with van der Waals surface area (Å²) in [6, 6.07) is 8.47. The van der Waals surface area contributed by atoms with Gasteiger partial charge in [-0.3, -0.25) is 4.99 Å². The minimum atomic E-state index is 0.517. The Kier molecular flexibility index (Phi) is 2.14. The Labute approximate surface area is 78.5 Å². The lowest BCUT2D eigenvalue weighted by molar-refractivity contribution is 1.23. The Morgan fingerprint density at radius 3 is 2.38 bits per heavy atom. The third kappa shape index (κ3) is 1.62. The summed E-state index contributed by atoms with van der Waals surface area (Å²) in [6.45, 7) is 0.517. The minimum absolute atomic E-state index is 0.517. The molecule has 0 saturated heterocycles. The second-order valence-electron chi connectivity index (χ2n) is 3.21. The highest BCUT2D eigenvalue weighted by molar-refractivity contribution is 5.92. The summed E-state index contributed by atoms with van der Waals surface area (Å²) in [7, 11) is 0. The highest BCUT2D eigenvalue weighted by Crippen LogP contribution is 2.19. The number of nitrogens with zero attached hydrogens (tertiary/aromatic N) is 1. The quantitative estimate of drug-likeness (QED) is 0.569. The maximum absolute atomic E-state index is 5.15. The average molecular weight is 169 g/mol. The molecule has 0 N–H and O–H groups in total. The molecule has 0 bridgehead atoms. The van der Waals surface area contributed by atoms with Gasteiger partial charge in [0.2, 0.25) is 0 Å². The molecule has 0 spiro atoms. The zero-order chi connectivity index (χ0) is 9.10. The molecule has 0 fully saturated rings. The van der Waals surface area contributed by atoms with Crippen LogP contribution in [0.4, 0.5) is 0 Å². The fourth-order valence-corrected chi connectivity index (χ4v) is 1.67. The van der Waals surface area contributed by atoms with Gasteiger partial charge in [-0.2, -0.15) is 0 Å². The zero-order valence-corrected chi connectivity index (χ0v) is 7.46. The van der Waals surface area contributed by atoms with Crippen LogP contribution in [0.2, 0.25) is 0 Å². The first-order valence-electron chi connectivity index (χ1n) is 4.42. The van der Waals surface area contributed by atoms with E-state index in [0.29, 0.717) is 6.54 Å². The molecule has 1 aliphatic rings. The predicted octanol–water partition coefficient (Wildman–Crippen LogP) is 1.86. The van der Waals surface area contributed by atoms with Crippen molar-refractivity contribution >= 4 is 5.71 Å². The standard InChI is InChI=1S/C12H11N/c1-2-7-13-12-8-10-5-3-4-6-11(10)9-12/h1,3-6H,7-9H2. The van der Waals surface area contributed by atoms with Gasteiger partial charge >= 0.3 is 0 Å². The van der Waals surface area contributed by atoms with E-state index in [-0.39, 0.29) is 0 Å². The number of hydrogen-bond donors (Lipinski definition) is 0. The van der Waals surface area contributed by atoms with E-state index >= 15 is 0 Å². The smallest absolute Gasteiger partial charge is 0.0994 e. The Morgan fingerprint density at radius 2 is 1.85 bits per heavy atom. The molecule has 1 aromatic rings. The summed E-state index contributed by atoms with van der Waals surface area (Å²) in [5.41, 5.74) is 4.02. The van der Waals surface area contributed by atoms with Crippen LogP contribution in [-0.2, 0) is 12.8 Å². The summed E-state index contributed by atoms with van der Waals surface area (Å²) in [6.07, 6.45) is 7.12. The van der Waals surface area contributed by atoms with Crippen LogP contribution in [0.3, 0.4) is 0 Å². The number of terminal acetylenes is 1. The molecule has 0 heterocycles. The van der Waals surface area contributed by atoms with E-state index in [1.54, 1.807) is 0 Å². The lowest BCUT2D eigenvalue weighted by Crippen LogP contribution is -1.97. The summed E-state index contributed by atoms with van der Waals surface area (Å²) in [5.74, 6) is 2.53. The van der Waals surface area contributed by atoms with Crippen molar-refractivity contribution < 1.29 is 0 Å². The van der Waals surface area contributed by atoms with Crippen molar-refractivity contribution in [1.29, 1.82) is 0 Å². The average Bonchev–Trinajstić information content (AvgIpc) is 2.57. The van der Waals surface area contributed by atoms with Gasteiger partial charge in [0.25, 0.3) is 0 Å². The van der Waals surface area contributed by atoms with Gasteiger partial charge in [-0.25, -0.2) is 0 Å². The molecule has 0 aromatic heterocycles. The second kappa shape index (κ2) is 3.45. The molecule has 0 unspecified atom stereocenters. The molecule has 1 aromatic carbocycles. The van der Waals surface area contributed by atoms with Crippen LogP contribution < -0.4 is 0 Å². The van der Waals surface area contributed by atoms with Crippen LogP contribution in [0.1, 0.15) is 11.1 Å². The van der Waals surface area contributed by atoms with E-state index < -0.39 is 0 Å². The Balaban J connectivity index is 2.19. The third-order valence-corrected chi connectivity index (χ3v) is 2.30. The molecule has 0 aliphatic heterocycles. The lowest BCUT2D eigenvalue weighted by Gasteiger charge is -1.92. The highest BCUT2D eigenvalue weighted by Gasteiger charge is 2.14. The molecule has 0 radical (unpaired) electrons. The van der Waals surface area contributed by atoms with Crippen LogP contribution in [0.25, 0.3) is 0 Å². The molecule has 13 heavy (non-hydrogen) atoms. The van der Waals surface area contributed by atoms with E-state index in [1.165, 1.54) is 16.8 Å². The first-order chi connectivity index (χ1) is 6.40. The van der Waals surface area contributed by atoms with Crippen molar-refractivity contribution in [3.05, 3.63) is 35.4 Å². The van der Waals surface area contributed by atoms with Crippen molar-refractivity contribution in [2.75, 3.05) is 6.54 Å². The van der Waals surface area contributed by atoms with Gasteiger partial charge in [-0.1, -0.05) is 30.2 Å². The Hall–Kier alpha value is -1.55. The molecular weight excluding hydrogens is 158 g/mol. The molecule has 2 rings (SSSR count). The summed E-state index contributed by atoms with van der Waals surface area (Å²) in [5, 5.41) is 0. The predicted molar refractivity (Wildman–Crippen MR) is 55.0 cm³/mol. The minimum Gasteiger partial charge on any atom is -0.281 e. The van der Waals surface area contributed by atoms with Crippen LogP contribution >= 0.6 is 0 Å². The normalized spacial score (nSPS) is 13.6. The summed E-state index contributed by atoms with van der Waals surface area (Å²) < 4.78 is 0. The Bertz CT molecular complexity index is 355. The van der Waals surface area contributed by atoms with Crippen LogP contribution in [-0.4, -0.2) is 12.3 Å². The highest BCUT2D eigenvalue weighted by atomic mass is 14.7. The van der Waals surface area contributed by atoms with Crippen molar-refractivity contribution in [1.82, 2.24) is 0 Å². The number of aliphatic imine (C=N–C) groups is 1. The van der Waals surface area contributed by atoms with Crippen molar-refractivity contribution in [2.24, 2.45) is 4.99 Å². The van der Waals surface area contributed by atoms with Gasteiger partial charge in [0.15, 0.2) is 0 Å². The maximum atomic E-state index is 5.15. The first kappa shape index (κ1) is 8.07. The van der Waals surface area contributed by atoms with Crippen molar-refractivity contribution in [3.8, 4) is 12.3 Å². The molecular formula is C12H11N. The number of benzene rings is 1. The number of rotatable bonds is 1. The molecule has 0 amide bonds. The third-order valence-electron chi connectivity index (χ3n) is 2.30. The summed E-state index contributed by atoms with van der Waals surface area (Å²) >= 11 is 0. The van der Waals surface area contributed by atoms with Gasteiger partial charge in [0.1, 0.15) is 0 Å². The van der Waals surface area contributed by atoms with E-state index in [4.69, 9.17) is 6.42 Å². The van der Waals surface area contributed by atoms with E-state index in [0.717, 1.165) is 12.8 Å². The molecule has 64 valence electrons. The largest absolute Gasteiger partial charge is 0.281 e. The van der Waals surface area contributed by atoms with Crippen LogP contribution in [0.15, 0.2) is 29.3 Å². The van der Waals surface area contributed by atoms with Gasteiger partial charge in [-0.05, 0) is 11.1 Å². The van der Waals surface area contributed by atoms with Gasteiger partial charge < -0.3 is 0 Å². The lowest BCUT2D eigenvalue weighted by atomic mass is 10.1. The van der Waals surface area contributed by atoms with E-state index in [1.807, 2.05) is 0 Å². The van der Waals surface area contributed by atoms with E-state index in [2.05, 4.69) is 35.2 Å². The van der Waals surface area contributed by atoms with Gasteiger partial charge in [0.05, 0.1) is 6.54 Å². The van der Waals surface area contributed by atoms with Crippen LogP contribution in [0, 0.1) is 12.3 Å². The zero-order valence-electron chi connectivity index (χ0n) is 7.46. The fourth-order valence-electron chi connectivity index (χ4n) is 1.67. The first-order valence-corrected chi connectivity index (χ1v) is 4.42. The maximum Gasteiger partial charge on any atom is 0.0994 e. The van der Waals surface area contributed by atoms with Crippen molar-refractivity contribution in [3.63, 3.8) is 0 Å².